The van der Waals surface area contributed by atoms with Gasteiger partial charge in [-0.15, -0.1) is 0 Å². The Kier molecular flexibility index (Phi) is 11.1. The van der Waals surface area contributed by atoms with Crippen molar-refractivity contribution in [3.63, 3.8) is 0 Å². The van der Waals surface area contributed by atoms with Crippen LogP contribution >= 0.6 is 0 Å². The van der Waals surface area contributed by atoms with Gasteiger partial charge in [0.2, 0.25) is 0 Å². The van der Waals surface area contributed by atoms with E-state index in [2.05, 4.69) is 44.3 Å². The summed E-state index contributed by atoms with van der Waals surface area (Å²) in [5.41, 5.74) is 5.69. The number of benzene rings is 3. The first-order valence-corrected chi connectivity index (χ1v) is 13.0. The van der Waals surface area contributed by atoms with E-state index in [1.807, 2.05) is 36.4 Å². The van der Waals surface area contributed by atoms with Gasteiger partial charge in [-0.2, -0.15) is 0 Å². The molecule has 0 fully saturated rings. The number of rotatable bonds is 14. The maximum atomic E-state index is 12.4. The van der Waals surface area contributed by atoms with E-state index in [1.54, 1.807) is 13.0 Å². The Bertz CT molecular complexity index is 1290. The van der Waals surface area contributed by atoms with Gasteiger partial charge in [0.25, 0.3) is 0 Å². The van der Waals surface area contributed by atoms with Crippen LogP contribution in [-0.2, 0) is 25.5 Å². The van der Waals surface area contributed by atoms with Crippen molar-refractivity contribution < 1.29 is 28.5 Å². The van der Waals surface area contributed by atoms with E-state index >= 15 is 0 Å². The summed E-state index contributed by atoms with van der Waals surface area (Å²) >= 11 is 0. The second-order valence-corrected chi connectivity index (χ2v) is 9.22. The average molecular weight is 529 g/mol. The van der Waals surface area contributed by atoms with Crippen molar-refractivity contribution in [2.45, 2.75) is 33.1 Å². The fraction of sp³-hybridized carbons (Fsp3) is 0.273. The Morgan fingerprint density at radius 2 is 1.44 bits per heavy atom. The Labute approximate surface area is 230 Å². The smallest absolute Gasteiger partial charge is 0.341 e. The standard InChI is InChI=1S/C33H36O6/c1-6-19-37-28-15-13-27(14-16-28)31-21-29(39-33(35)24(4)22-36-5)17-18-30(31)26-11-9-25(10-12-26)8-7-20-38-32(34)23(2)3/h9-18,21H,2,4,6-8,19-20,22H2,1,3,5H3. The van der Waals surface area contributed by atoms with E-state index < -0.39 is 5.97 Å². The quantitative estimate of drug-likeness (QED) is 0.0974. The van der Waals surface area contributed by atoms with Crippen LogP contribution in [-0.4, -0.2) is 38.9 Å². The van der Waals surface area contributed by atoms with Gasteiger partial charge in [-0.1, -0.05) is 62.5 Å². The topological polar surface area (TPSA) is 71.1 Å². The fourth-order valence-electron chi connectivity index (χ4n) is 3.86. The minimum Gasteiger partial charge on any atom is -0.494 e. The number of esters is 2. The van der Waals surface area contributed by atoms with E-state index in [9.17, 15) is 9.59 Å². The molecule has 6 heteroatoms. The summed E-state index contributed by atoms with van der Waals surface area (Å²) in [6.45, 7) is 12.1. The molecule has 0 saturated carbocycles. The average Bonchev–Trinajstić information content (AvgIpc) is 2.94. The molecule has 0 unspecified atom stereocenters. The third kappa shape index (κ3) is 8.69. The molecule has 3 aromatic carbocycles. The van der Waals surface area contributed by atoms with E-state index in [4.69, 9.17) is 18.9 Å². The van der Waals surface area contributed by atoms with Crippen LogP contribution in [0.3, 0.4) is 0 Å². The summed E-state index contributed by atoms with van der Waals surface area (Å²) < 4.78 is 21.5. The molecule has 204 valence electrons. The van der Waals surface area contributed by atoms with Crippen LogP contribution in [0.15, 0.2) is 91.0 Å². The molecule has 0 saturated heterocycles. The predicted octanol–water partition coefficient (Wildman–Crippen LogP) is 6.97. The zero-order valence-electron chi connectivity index (χ0n) is 23.0. The molecule has 0 atom stereocenters. The number of carbonyl (C=O) groups is 2. The van der Waals surface area contributed by atoms with Gasteiger partial charge in [0.15, 0.2) is 0 Å². The van der Waals surface area contributed by atoms with E-state index in [0.717, 1.165) is 52.8 Å². The first-order chi connectivity index (χ1) is 18.8. The minimum atomic E-state index is -0.530. The normalized spacial score (nSPS) is 10.5. The third-order valence-electron chi connectivity index (χ3n) is 5.90. The summed E-state index contributed by atoms with van der Waals surface area (Å²) in [5, 5.41) is 0. The van der Waals surface area contributed by atoms with Crippen molar-refractivity contribution in [1.82, 2.24) is 0 Å². The number of hydrogen-bond acceptors (Lipinski definition) is 6. The number of methoxy groups -OCH3 is 1. The number of ether oxygens (including phenoxy) is 4. The van der Waals surface area contributed by atoms with Crippen molar-refractivity contribution in [1.29, 1.82) is 0 Å². The monoisotopic (exact) mass is 528 g/mol. The molecule has 0 aliphatic rings. The first-order valence-electron chi connectivity index (χ1n) is 13.0. The molecule has 39 heavy (non-hydrogen) atoms. The molecular formula is C33H36O6. The number of carbonyl (C=O) groups excluding carboxylic acids is 2. The lowest BCUT2D eigenvalue weighted by molar-refractivity contribution is -0.139. The van der Waals surface area contributed by atoms with Crippen LogP contribution in [0.1, 0.15) is 32.3 Å². The van der Waals surface area contributed by atoms with Crippen LogP contribution in [0.5, 0.6) is 11.5 Å². The Balaban J connectivity index is 1.84. The Hall–Kier alpha value is -4.16. The predicted molar refractivity (Wildman–Crippen MR) is 154 cm³/mol. The highest BCUT2D eigenvalue weighted by atomic mass is 16.5. The van der Waals surface area contributed by atoms with Crippen LogP contribution in [0.25, 0.3) is 22.3 Å². The summed E-state index contributed by atoms with van der Waals surface area (Å²) in [5.74, 6) is 0.333. The maximum absolute atomic E-state index is 12.4. The number of aryl methyl sites for hydroxylation is 1. The second-order valence-electron chi connectivity index (χ2n) is 9.22. The summed E-state index contributed by atoms with van der Waals surface area (Å²) in [4.78, 5) is 24.0. The largest absolute Gasteiger partial charge is 0.494 e. The first kappa shape index (κ1) is 29.4. The van der Waals surface area contributed by atoms with Crippen molar-refractivity contribution in [3.8, 4) is 33.8 Å². The van der Waals surface area contributed by atoms with Crippen molar-refractivity contribution in [2.24, 2.45) is 0 Å². The zero-order valence-corrected chi connectivity index (χ0v) is 23.0. The highest BCUT2D eigenvalue weighted by molar-refractivity contribution is 5.91. The van der Waals surface area contributed by atoms with E-state index in [1.165, 1.54) is 7.11 Å². The highest BCUT2D eigenvalue weighted by Crippen LogP contribution is 2.36. The molecular weight excluding hydrogens is 492 g/mol. The fourth-order valence-corrected chi connectivity index (χ4v) is 3.86. The third-order valence-corrected chi connectivity index (χ3v) is 5.90. The molecule has 0 bridgehead atoms. The Morgan fingerprint density at radius 3 is 2.08 bits per heavy atom. The molecule has 0 aliphatic heterocycles. The van der Waals surface area contributed by atoms with Crippen LogP contribution in [0.2, 0.25) is 0 Å². The molecule has 0 heterocycles. The van der Waals surface area contributed by atoms with E-state index in [0.29, 0.717) is 24.5 Å². The van der Waals surface area contributed by atoms with Crippen molar-refractivity contribution >= 4 is 11.9 Å². The van der Waals surface area contributed by atoms with Gasteiger partial charge in [0, 0.05) is 12.7 Å². The second kappa shape index (κ2) is 14.7. The molecule has 3 aromatic rings. The van der Waals surface area contributed by atoms with Gasteiger partial charge < -0.3 is 18.9 Å². The summed E-state index contributed by atoms with van der Waals surface area (Å²) in [7, 11) is 1.50. The minimum absolute atomic E-state index is 0.103. The number of hydrogen-bond donors (Lipinski definition) is 0. The molecule has 0 aliphatic carbocycles. The molecule has 0 N–H and O–H groups in total. The molecule has 0 radical (unpaired) electrons. The summed E-state index contributed by atoms with van der Waals surface area (Å²) in [6.07, 6.45) is 2.45. The molecule has 0 aromatic heterocycles. The van der Waals surface area contributed by atoms with Crippen molar-refractivity contribution in [2.75, 3.05) is 26.9 Å². The van der Waals surface area contributed by atoms with E-state index in [-0.39, 0.29) is 18.1 Å². The summed E-state index contributed by atoms with van der Waals surface area (Å²) in [6, 6.07) is 21.8. The molecule has 0 amide bonds. The zero-order chi connectivity index (χ0) is 28.2. The van der Waals surface area contributed by atoms with Gasteiger partial charge in [-0.25, -0.2) is 9.59 Å². The van der Waals surface area contributed by atoms with Gasteiger partial charge in [-0.05, 0) is 78.3 Å². The van der Waals surface area contributed by atoms with Crippen LogP contribution < -0.4 is 9.47 Å². The lowest BCUT2D eigenvalue weighted by Crippen LogP contribution is -2.14. The van der Waals surface area contributed by atoms with Gasteiger partial charge in [0.05, 0.1) is 25.4 Å². The van der Waals surface area contributed by atoms with Crippen molar-refractivity contribution in [3.05, 3.63) is 96.6 Å². The highest BCUT2D eigenvalue weighted by Gasteiger charge is 2.14. The van der Waals surface area contributed by atoms with Gasteiger partial charge in [-0.3, -0.25) is 0 Å². The molecule has 0 spiro atoms. The lowest BCUT2D eigenvalue weighted by atomic mass is 9.93. The molecule has 6 nitrogen and oxygen atoms in total. The Morgan fingerprint density at radius 1 is 0.795 bits per heavy atom. The van der Waals surface area contributed by atoms with Gasteiger partial charge in [0.1, 0.15) is 11.5 Å². The van der Waals surface area contributed by atoms with Crippen LogP contribution in [0.4, 0.5) is 0 Å². The maximum Gasteiger partial charge on any atom is 0.341 e. The SMILES string of the molecule is C=C(C)C(=O)OCCCc1ccc(-c2ccc(OC(=O)C(=C)COC)cc2-c2ccc(OCCC)cc2)cc1. The van der Waals surface area contributed by atoms with Crippen LogP contribution in [0, 0.1) is 0 Å². The van der Waals surface area contributed by atoms with Gasteiger partial charge >= 0.3 is 11.9 Å². The molecule has 3 rings (SSSR count). The lowest BCUT2D eigenvalue weighted by Gasteiger charge is -2.14.